The van der Waals surface area contributed by atoms with E-state index < -0.39 is 0 Å². The molecule has 0 saturated carbocycles. The van der Waals surface area contributed by atoms with Crippen LogP contribution in [0, 0.1) is 5.82 Å². The third-order valence-corrected chi connectivity index (χ3v) is 3.59. The molecule has 0 fully saturated rings. The summed E-state index contributed by atoms with van der Waals surface area (Å²) in [7, 11) is 1.65. The predicted octanol–water partition coefficient (Wildman–Crippen LogP) is 1.96. The summed E-state index contributed by atoms with van der Waals surface area (Å²) in [6, 6.07) is 6.04. The van der Waals surface area contributed by atoms with Crippen molar-refractivity contribution < 1.29 is 13.9 Å². The summed E-state index contributed by atoms with van der Waals surface area (Å²) in [6.07, 6.45) is 2.20. The van der Waals surface area contributed by atoms with E-state index in [1.54, 1.807) is 30.1 Å². The lowest BCUT2D eigenvalue weighted by molar-refractivity contribution is 0.0952. The second kappa shape index (κ2) is 10.8. The summed E-state index contributed by atoms with van der Waals surface area (Å²) in [6.45, 7) is 4.53. The van der Waals surface area contributed by atoms with E-state index in [0.717, 1.165) is 17.9 Å². The summed E-state index contributed by atoms with van der Waals surface area (Å²) < 4.78 is 19.7. The molecule has 2 rings (SSSR count). The molecule has 2 aromatic rings. The highest BCUT2D eigenvalue weighted by atomic mass is 35.5. The first-order valence-electron chi connectivity index (χ1n) is 7.98. The number of benzene rings is 1. The fourth-order valence-corrected chi connectivity index (χ4v) is 2.37. The van der Waals surface area contributed by atoms with Crippen LogP contribution in [0.15, 0.2) is 30.5 Å². The van der Waals surface area contributed by atoms with E-state index >= 15 is 0 Å². The van der Waals surface area contributed by atoms with Crippen LogP contribution in [-0.4, -0.2) is 49.0 Å². The van der Waals surface area contributed by atoms with Crippen molar-refractivity contribution in [1.82, 2.24) is 20.4 Å². The van der Waals surface area contributed by atoms with Crippen molar-refractivity contribution in [2.45, 2.75) is 13.3 Å². The molecule has 0 radical (unpaired) electrons. The van der Waals surface area contributed by atoms with Crippen molar-refractivity contribution >= 4 is 18.3 Å². The summed E-state index contributed by atoms with van der Waals surface area (Å²) in [4.78, 5) is 12.3. The number of methoxy groups -OCH3 is 1. The van der Waals surface area contributed by atoms with Gasteiger partial charge in [0.15, 0.2) is 0 Å². The van der Waals surface area contributed by atoms with Crippen LogP contribution in [0.2, 0.25) is 0 Å². The number of carbonyl (C=O) groups is 1. The highest BCUT2D eigenvalue weighted by Crippen LogP contribution is 2.16. The van der Waals surface area contributed by atoms with Gasteiger partial charge in [-0.2, -0.15) is 5.10 Å². The van der Waals surface area contributed by atoms with E-state index in [-0.39, 0.29) is 24.1 Å². The van der Waals surface area contributed by atoms with Gasteiger partial charge in [-0.15, -0.1) is 12.4 Å². The molecule has 0 saturated heterocycles. The van der Waals surface area contributed by atoms with Crippen LogP contribution < -0.4 is 10.6 Å². The van der Waals surface area contributed by atoms with E-state index in [1.807, 2.05) is 6.92 Å². The van der Waals surface area contributed by atoms with Gasteiger partial charge in [0.05, 0.1) is 29.7 Å². The molecule has 0 aliphatic heterocycles. The van der Waals surface area contributed by atoms with E-state index in [0.29, 0.717) is 31.7 Å². The number of ether oxygens (including phenoxy) is 1. The van der Waals surface area contributed by atoms with Crippen LogP contribution in [0.3, 0.4) is 0 Å². The van der Waals surface area contributed by atoms with Crippen molar-refractivity contribution in [3.05, 3.63) is 47.5 Å². The maximum Gasteiger partial charge on any atom is 0.254 e. The minimum absolute atomic E-state index is 0. The Bertz CT molecular complexity index is 661. The molecule has 0 spiro atoms. The van der Waals surface area contributed by atoms with Crippen molar-refractivity contribution in [1.29, 1.82) is 0 Å². The number of carbonyl (C=O) groups excluding carboxylic acids is 1. The second-order valence-corrected chi connectivity index (χ2v) is 5.25. The highest BCUT2D eigenvalue weighted by Gasteiger charge is 2.16. The number of nitrogens with one attached hydrogen (secondary N) is 2. The Labute approximate surface area is 153 Å². The zero-order valence-corrected chi connectivity index (χ0v) is 15.2. The molecule has 1 amide bonds. The Morgan fingerprint density at radius 2 is 1.96 bits per heavy atom. The van der Waals surface area contributed by atoms with Gasteiger partial charge in [0.1, 0.15) is 5.82 Å². The summed E-state index contributed by atoms with van der Waals surface area (Å²) in [5.41, 5.74) is 2.07. The SMILES string of the molecule is CCc1c(C(=O)NCCNCCOC)cnn1-c1ccc(F)cc1.Cl. The van der Waals surface area contributed by atoms with E-state index in [1.165, 1.54) is 12.1 Å². The molecule has 138 valence electrons. The Morgan fingerprint density at radius 3 is 2.60 bits per heavy atom. The monoisotopic (exact) mass is 370 g/mol. The van der Waals surface area contributed by atoms with Crippen LogP contribution in [-0.2, 0) is 11.2 Å². The fraction of sp³-hybridized carbons (Fsp3) is 0.412. The van der Waals surface area contributed by atoms with Gasteiger partial charge >= 0.3 is 0 Å². The lowest BCUT2D eigenvalue weighted by Crippen LogP contribution is -2.33. The van der Waals surface area contributed by atoms with Crippen molar-refractivity contribution in [2.24, 2.45) is 0 Å². The molecule has 8 heteroatoms. The first-order valence-corrected chi connectivity index (χ1v) is 7.98. The third kappa shape index (κ3) is 5.81. The van der Waals surface area contributed by atoms with Crippen molar-refractivity contribution in [3.8, 4) is 5.69 Å². The maximum absolute atomic E-state index is 13.1. The lowest BCUT2D eigenvalue weighted by atomic mass is 10.2. The molecule has 1 heterocycles. The average Bonchev–Trinajstić information content (AvgIpc) is 3.02. The van der Waals surface area contributed by atoms with Crippen molar-refractivity contribution in [3.63, 3.8) is 0 Å². The van der Waals surface area contributed by atoms with Crippen LogP contribution in [0.25, 0.3) is 5.69 Å². The van der Waals surface area contributed by atoms with Crippen LogP contribution in [0.5, 0.6) is 0 Å². The lowest BCUT2D eigenvalue weighted by Gasteiger charge is -2.09. The first kappa shape index (κ1) is 21.1. The molecule has 1 aromatic carbocycles. The smallest absolute Gasteiger partial charge is 0.254 e. The molecule has 0 bridgehead atoms. The number of hydrogen-bond acceptors (Lipinski definition) is 4. The number of amides is 1. The number of hydrogen-bond donors (Lipinski definition) is 2. The predicted molar refractivity (Wildman–Crippen MR) is 97.2 cm³/mol. The van der Waals surface area contributed by atoms with Gasteiger partial charge in [0.2, 0.25) is 0 Å². The molecule has 0 aliphatic rings. The van der Waals surface area contributed by atoms with Gasteiger partial charge in [0, 0.05) is 26.7 Å². The molecule has 1 aromatic heterocycles. The van der Waals surface area contributed by atoms with Gasteiger partial charge in [-0.25, -0.2) is 9.07 Å². The zero-order valence-electron chi connectivity index (χ0n) is 14.4. The van der Waals surface area contributed by atoms with E-state index in [4.69, 9.17) is 4.74 Å². The molecular weight excluding hydrogens is 347 g/mol. The summed E-state index contributed by atoms with van der Waals surface area (Å²) >= 11 is 0. The molecule has 0 atom stereocenters. The minimum Gasteiger partial charge on any atom is -0.383 e. The van der Waals surface area contributed by atoms with Gasteiger partial charge < -0.3 is 15.4 Å². The van der Waals surface area contributed by atoms with Gasteiger partial charge in [-0.1, -0.05) is 6.92 Å². The fourth-order valence-electron chi connectivity index (χ4n) is 2.37. The highest BCUT2D eigenvalue weighted by molar-refractivity contribution is 5.95. The standard InChI is InChI=1S/C17H23FN4O2.ClH/c1-3-16-15(17(23)20-9-8-19-10-11-24-2)12-21-22(16)14-6-4-13(18)5-7-14;/h4-7,12,19H,3,8-11H2,1-2H3,(H,20,23);1H. The number of nitrogens with zero attached hydrogens (tertiary/aromatic N) is 2. The summed E-state index contributed by atoms with van der Waals surface area (Å²) in [5.74, 6) is -0.461. The topological polar surface area (TPSA) is 68.2 Å². The number of halogens is 2. The zero-order chi connectivity index (χ0) is 17.4. The van der Waals surface area contributed by atoms with Crippen LogP contribution in [0.4, 0.5) is 4.39 Å². The van der Waals surface area contributed by atoms with Crippen molar-refractivity contribution in [2.75, 3.05) is 33.4 Å². The normalized spacial score (nSPS) is 10.4. The molecule has 25 heavy (non-hydrogen) atoms. The van der Waals surface area contributed by atoms with Gasteiger partial charge in [0.25, 0.3) is 5.91 Å². The largest absolute Gasteiger partial charge is 0.383 e. The molecule has 6 nitrogen and oxygen atoms in total. The second-order valence-electron chi connectivity index (χ2n) is 5.25. The molecule has 0 unspecified atom stereocenters. The Balaban J connectivity index is 0.00000312. The van der Waals surface area contributed by atoms with Crippen LogP contribution >= 0.6 is 12.4 Å². The number of aromatic nitrogens is 2. The maximum atomic E-state index is 13.1. The average molecular weight is 371 g/mol. The minimum atomic E-state index is -0.303. The quantitative estimate of drug-likeness (QED) is 0.662. The Hall–Kier alpha value is -1.96. The van der Waals surface area contributed by atoms with Gasteiger partial charge in [-0.3, -0.25) is 4.79 Å². The Morgan fingerprint density at radius 1 is 1.24 bits per heavy atom. The van der Waals surface area contributed by atoms with E-state index in [2.05, 4.69) is 15.7 Å². The third-order valence-electron chi connectivity index (χ3n) is 3.59. The van der Waals surface area contributed by atoms with Crippen LogP contribution in [0.1, 0.15) is 23.0 Å². The summed E-state index contributed by atoms with van der Waals surface area (Å²) in [5, 5.41) is 10.3. The van der Waals surface area contributed by atoms with E-state index in [9.17, 15) is 9.18 Å². The molecule has 0 aliphatic carbocycles. The Kier molecular flexibility index (Phi) is 9.12. The number of rotatable bonds is 9. The molecule has 2 N–H and O–H groups in total. The molecular formula is C17H24ClFN4O2. The van der Waals surface area contributed by atoms with Gasteiger partial charge in [-0.05, 0) is 30.7 Å². The first-order chi connectivity index (χ1) is 11.7.